The summed E-state index contributed by atoms with van der Waals surface area (Å²) in [5, 5.41) is 12.0. The number of rotatable bonds is 5. The van der Waals surface area contributed by atoms with E-state index >= 15 is 0 Å². The molecule has 1 atom stereocenters. The van der Waals surface area contributed by atoms with E-state index in [1.165, 1.54) is 13.2 Å². The summed E-state index contributed by atoms with van der Waals surface area (Å²) in [5.74, 6) is -2.10. The number of nitrogens with one attached hydrogen (secondary N) is 1. The van der Waals surface area contributed by atoms with Gasteiger partial charge in [0.15, 0.2) is 0 Å². The van der Waals surface area contributed by atoms with Crippen molar-refractivity contribution in [2.75, 3.05) is 7.11 Å². The van der Waals surface area contributed by atoms with Crippen LogP contribution in [0.3, 0.4) is 0 Å². The Balaban J connectivity index is 2.12. The molecular weight excluding hydrogens is 298 g/mol. The van der Waals surface area contributed by atoms with Crippen LogP contribution in [0.2, 0.25) is 0 Å². The lowest BCUT2D eigenvalue weighted by atomic mass is 9.84. The molecule has 124 valence electrons. The Labute approximate surface area is 134 Å². The van der Waals surface area contributed by atoms with Gasteiger partial charge in [0.25, 0.3) is 5.91 Å². The highest BCUT2D eigenvalue weighted by Crippen LogP contribution is 2.26. The second-order valence-electron chi connectivity index (χ2n) is 5.76. The smallest absolute Gasteiger partial charge is 0.337 e. The molecule has 1 fully saturated rings. The largest absolute Gasteiger partial charge is 0.480 e. The van der Waals surface area contributed by atoms with Crippen molar-refractivity contribution in [3.63, 3.8) is 0 Å². The van der Waals surface area contributed by atoms with Gasteiger partial charge in [-0.15, -0.1) is 0 Å². The number of hydrogen-bond acceptors (Lipinski definition) is 4. The molecular formula is C17H21NO5. The Hall–Kier alpha value is -2.37. The van der Waals surface area contributed by atoms with E-state index in [0.29, 0.717) is 0 Å². The monoisotopic (exact) mass is 319 g/mol. The van der Waals surface area contributed by atoms with Gasteiger partial charge in [-0.1, -0.05) is 25.3 Å². The summed E-state index contributed by atoms with van der Waals surface area (Å²) in [6, 6.07) is 5.16. The highest BCUT2D eigenvalue weighted by molar-refractivity contribution is 5.99. The predicted molar refractivity (Wildman–Crippen MR) is 83.2 cm³/mol. The molecule has 0 bridgehead atoms. The molecule has 1 aliphatic rings. The van der Waals surface area contributed by atoms with Crippen LogP contribution in [0.15, 0.2) is 24.3 Å². The number of amides is 1. The molecule has 1 aromatic rings. The minimum absolute atomic E-state index is 0.0472. The highest BCUT2D eigenvalue weighted by Gasteiger charge is 2.31. The van der Waals surface area contributed by atoms with Gasteiger partial charge in [0.1, 0.15) is 6.04 Å². The fraction of sp³-hybridized carbons (Fsp3) is 0.471. The fourth-order valence-electron chi connectivity index (χ4n) is 2.98. The number of carbonyl (C=O) groups is 3. The standard InChI is InChI=1S/C17H21NO5/c1-23-17(22)13-9-5-8-12(10-13)15(19)18-14(16(20)21)11-6-3-2-4-7-11/h5,8-11,14H,2-4,6-7H2,1H3,(H,18,19)(H,20,21)/t14-/m1/s1. The van der Waals surface area contributed by atoms with Crippen LogP contribution in [-0.4, -0.2) is 36.1 Å². The van der Waals surface area contributed by atoms with E-state index in [1.807, 2.05) is 0 Å². The normalized spacial score (nSPS) is 16.4. The second kappa shape index (κ2) is 7.76. The molecule has 23 heavy (non-hydrogen) atoms. The van der Waals surface area contributed by atoms with Crippen molar-refractivity contribution in [2.45, 2.75) is 38.1 Å². The van der Waals surface area contributed by atoms with E-state index in [-0.39, 0.29) is 17.0 Å². The van der Waals surface area contributed by atoms with Crippen molar-refractivity contribution < 1.29 is 24.2 Å². The van der Waals surface area contributed by atoms with E-state index in [2.05, 4.69) is 10.1 Å². The lowest BCUT2D eigenvalue weighted by Gasteiger charge is -2.28. The van der Waals surface area contributed by atoms with E-state index in [9.17, 15) is 19.5 Å². The maximum Gasteiger partial charge on any atom is 0.337 e. The maximum absolute atomic E-state index is 12.3. The number of esters is 1. The lowest BCUT2D eigenvalue weighted by molar-refractivity contribution is -0.141. The third-order valence-corrected chi connectivity index (χ3v) is 4.22. The quantitative estimate of drug-likeness (QED) is 0.812. The van der Waals surface area contributed by atoms with E-state index < -0.39 is 23.9 Å². The molecule has 2 N–H and O–H groups in total. The molecule has 6 nitrogen and oxygen atoms in total. The van der Waals surface area contributed by atoms with Crippen LogP contribution in [0.5, 0.6) is 0 Å². The summed E-state index contributed by atoms with van der Waals surface area (Å²) in [4.78, 5) is 35.4. The van der Waals surface area contributed by atoms with E-state index in [1.54, 1.807) is 18.2 Å². The second-order valence-corrected chi connectivity index (χ2v) is 5.76. The summed E-state index contributed by atoms with van der Waals surface area (Å²) >= 11 is 0. The number of carboxylic acid groups (broad SMARTS) is 1. The molecule has 0 unspecified atom stereocenters. The third-order valence-electron chi connectivity index (χ3n) is 4.22. The summed E-state index contributed by atoms with van der Waals surface area (Å²) < 4.78 is 4.62. The Morgan fingerprint density at radius 2 is 1.83 bits per heavy atom. The minimum Gasteiger partial charge on any atom is -0.480 e. The zero-order chi connectivity index (χ0) is 16.8. The van der Waals surface area contributed by atoms with Gasteiger partial charge in [-0.05, 0) is 37.0 Å². The van der Waals surface area contributed by atoms with Crippen molar-refractivity contribution in [1.29, 1.82) is 0 Å². The summed E-state index contributed by atoms with van der Waals surface area (Å²) in [5.41, 5.74) is 0.500. The number of aliphatic carboxylic acids is 1. The van der Waals surface area contributed by atoms with Crippen LogP contribution in [0.25, 0.3) is 0 Å². The van der Waals surface area contributed by atoms with E-state index in [4.69, 9.17) is 0 Å². The number of ether oxygens (including phenoxy) is 1. The van der Waals surface area contributed by atoms with Crippen LogP contribution in [0, 0.1) is 5.92 Å². The van der Waals surface area contributed by atoms with Crippen LogP contribution >= 0.6 is 0 Å². The SMILES string of the molecule is COC(=O)c1cccc(C(=O)N[C@@H](C(=O)O)C2CCCCC2)c1. The first-order valence-electron chi connectivity index (χ1n) is 7.75. The average molecular weight is 319 g/mol. The first-order chi connectivity index (χ1) is 11.0. The number of benzene rings is 1. The van der Waals surface area contributed by atoms with Gasteiger partial charge in [-0.25, -0.2) is 9.59 Å². The summed E-state index contributed by atoms with van der Waals surface area (Å²) in [6.07, 6.45) is 4.70. The van der Waals surface area contributed by atoms with Crippen molar-refractivity contribution in [3.05, 3.63) is 35.4 Å². The summed E-state index contributed by atoms with van der Waals surface area (Å²) in [7, 11) is 1.26. The van der Waals surface area contributed by atoms with Crippen molar-refractivity contribution >= 4 is 17.8 Å². The number of carbonyl (C=O) groups excluding carboxylic acids is 2. The molecule has 1 aliphatic carbocycles. The topological polar surface area (TPSA) is 92.7 Å². The fourth-order valence-corrected chi connectivity index (χ4v) is 2.98. The predicted octanol–water partition coefficient (Wildman–Crippen LogP) is 2.24. The average Bonchev–Trinajstić information content (AvgIpc) is 2.59. The Bertz CT molecular complexity index is 592. The van der Waals surface area contributed by atoms with Gasteiger partial charge in [0.2, 0.25) is 0 Å². The molecule has 1 aromatic carbocycles. The minimum atomic E-state index is -1.02. The molecule has 2 rings (SSSR count). The molecule has 6 heteroatoms. The Morgan fingerprint density at radius 3 is 2.43 bits per heavy atom. The molecule has 0 heterocycles. The van der Waals surface area contributed by atoms with Crippen LogP contribution < -0.4 is 5.32 Å². The summed E-state index contributed by atoms with van der Waals surface area (Å²) in [6.45, 7) is 0. The van der Waals surface area contributed by atoms with Crippen molar-refractivity contribution in [2.24, 2.45) is 5.92 Å². The van der Waals surface area contributed by atoms with Gasteiger partial charge in [0.05, 0.1) is 12.7 Å². The van der Waals surface area contributed by atoms with Gasteiger partial charge in [-0.2, -0.15) is 0 Å². The van der Waals surface area contributed by atoms with Crippen LogP contribution in [0.4, 0.5) is 0 Å². The Kier molecular flexibility index (Phi) is 5.73. The zero-order valence-corrected chi connectivity index (χ0v) is 13.1. The van der Waals surface area contributed by atoms with Crippen LogP contribution in [-0.2, 0) is 9.53 Å². The van der Waals surface area contributed by atoms with Crippen molar-refractivity contribution in [3.8, 4) is 0 Å². The molecule has 0 saturated heterocycles. The zero-order valence-electron chi connectivity index (χ0n) is 13.1. The molecule has 1 amide bonds. The first kappa shape index (κ1) is 17.0. The number of methoxy groups -OCH3 is 1. The Morgan fingerprint density at radius 1 is 1.17 bits per heavy atom. The van der Waals surface area contributed by atoms with Gasteiger partial charge in [0, 0.05) is 5.56 Å². The maximum atomic E-state index is 12.3. The molecule has 0 aromatic heterocycles. The molecule has 0 aliphatic heterocycles. The van der Waals surface area contributed by atoms with Gasteiger partial charge < -0.3 is 15.2 Å². The highest BCUT2D eigenvalue weighted by atomic mass is 16.5. The van der Waals surface area contributed by atoms with Gasteiger partial charge in [-0.3, -0.25) is 4.79 Å². The number of hydrogen-bond donors (Lipinski definition) is 2. The molecule has 0 spiro atoms. The van der Waals surface area contributed by atoms with Gasteiger partial charge >= 0.3 is 11.9 Å². The van der Waals surface area contributed by atoms with Crippen molar-refractivity contribution in [1.82, 2.24) is 5.32 Å². The van der Waals surface area contributed by atoms with Crippen LogP contribution in [0.1, 0.15) is 52.8 Å². The molecule has 1 saturated carbocycles. The lowest BCUT2D eigenvalue weighted by Crippen LogP contribution is -2.46. The first-order valence-corrected chi connectivity index (χ1v) is 7.75. The molecule has 0 radical (unpaired) electrons. The number of carboxylic acids is 1. The third kappa shape index (κ3) is 4.31. The van der Waals surface area contributed by atoms with E-state index in [0.717, 1.165) is 32.1 Å².